The Morgan fingerprint density at radius 1 is 1.50 bits per heavy atom. The lowest BCUT2D eigenvalue weighted by molar-refractivity contribution is -0.121. The molecule has 0 spiro atoms. The summed E-state index contributed by atoms with van der Waals surface area (Å²) in [5, 5.41) is 0. The number of allylic oxidation sites excluding steroid dienone is 2. The number of carbonyl (C=O) groups is 1. The fraction of sp³-hybridized carbons (Fsp3) is 0.375. The van der Waals surface area contributed by atoms with Crippen molar-refractivity contribution in [2.24, 2.45) is 0 Å². The van der Waals surface area contributed by atoms with Crippen LogP contribution in [-0.4, -0.2) is 19.0 Å². The third kappa shape index (κ3) is 1.33. The van der Waals surface area contributed by atoms with Gasteiger partial charge < -0.3 is 4.74 Å². The molecule has 10 heavy (non-hydrogen) atoms. The Morgan fingerprint density at radius 2 is 2.20 bits per heavy atom. The molecule has 54 valence electrons. The Morgan fingerprint density at radius 3 is 2.70 bits per heavy atom. The zero-order valence-corrected chi connectivity index (χ0v) is 6.13. The minimum atomic E-state index is -0.356. The van der Waals surface area contributed by atoms with Crippen molar-refractivity contribution < 1.29 is 9.53 Å². The van der Waals surface area contributed by atoms with E-state index in [1.165, 1.54) is 7.11 Å². The molecular weight excluding hydrogens is 128 g/mol. The number of rotatable bonds is 1. The first-order valence-electron chi connectivity index (χ1n) is 3.17. The van der Waals surface area contributed by atoms with Gasteiger partial charge in [0.05, 0.1) is 0 Å². The van der Waals surface area contributed by atoms with Crippen LogP contribution in [0.2, 0.25) is 0 Å². The summed E-state index contributed by atoms with van der Waals surface area (Å²) in [5.41, 5.74) is 1.08. The Bertz CT molecular complexity index is 201. The van der Waals surface area contributed by atoms with Gasteiger partial charge in [-0.1, -0.05) is 11.6 Å². The predicted octanol–water partition coefficient (Wildman–Crippen LogP) is 1.09. The van der Waals surface area contributed by atoms with E-state index in [0.717, 1.165) is 5.57 Å². The SMILES string of the molecule is COC1C=C(C)C=CC1=O. The number of ketones is 1. The summed E-state index contributed by atoms with van der Waals surface area (Å²) in [5.74, 6) is 0.0214. The molecule has 1 aliphatic carbocycles. The highest BCUT2D eigenvalue weighted by Crippen LogP contribution is 2.08. The van der Waals surface area contributed by atoms with Crippen molar-refractivity contribution >= 4 is 5.78 Å². The summed E-state index contributed by atoms with van der Waals surface area (Å²) >= 11 is 0. The zero-order chi connectivity index (χ0) is 7.56. The number of hydrogen-bond donors (Lipinski definition) is 0. The largest absolute Gasteiger partial charge is 0.369 e. The van der Waals surface area contributed by atoms with E-state index in [2.05, 4.69) is 0 Å². The summed E-state index contributed by atoms with van der Waals surface area (Å²) in [6.45, 7) is 1.94. The van der Waals surface area contributed by atoms with E-state index in [-0.39, 0.29) is 11.9 Å². The molecule has 1 unspecified atom stereocenters. The molecule has 0 fully saturated rings. The molecule has 2 heteroatoms. The third-order valence-electron chi connectivity index (χ3n) is 1.46. The molecule has 0 radical (unpaired) electrons. The Labute approximate surface area is 60.2 Å². The minimum Gasteiger partial charge on any atom is -0.369 e. The Hall–Kier alpha value is -0.890. The number of methoxy groups -OCH3 is 1. The number of ether oxygens (including phenoxy) is 1. The van der Waals surface area contributed by atoms with Gasteiger partial charge in [0.15, 0.2) is 5.78 Å². The van der Waals surface area contributed by atoms with E-state index in [1.807, 2.05) is 13.0 Å². The zero-order valence-electron chi connectivity index (χ0n) is 6.13. The maximum absolute atomic E-state index is 10.9. The van der Waals surface area contributed by atoms with Gasteiger partial charge in [0.1, 0.15) is 6.10 Å². The highest BCUT2D eigenvalue weighted by molar-refractivity contribution is 5.96. The maximum atomic E-state index is 10.9. The van der Waals surface area contributed by atoms with E-state index in [1.54, 1.807) is 12.2 Å². The summed E-state index contributed by atoms with van der Waals surface area (Å²) in [6.07, 6.45) is 4.79. The van der Waals surface area contributed by atoms with E-state index in [0.29, 0.717) is 0 Å². The first-order chi connectivity index (χ1) is 4.74. The summed E-state index contributed by atoms with van der Waals surface area (Å²) in [7, 11) is 1.53. The highest BCUT2D eigenvalue weighted by atomic mass is 16.5. The molecule has 0 aliphatic heterocycles. The van der Waals surface area contributed by atoms with Gasteiger partial charge in [-0.3, -0.25) is 4.79 Å². The first kappa shape index (κ1) is 7.22. The van der Waals surface area contributed by atoms with E-state index >= 15 is 0 Å². The number of carbonyl (C=O) groups excluding carboxylic acids is 1. The Balaban J connectivity index is 2.76. The van der Waals surface area contributed by atoms with Gasteiger partial charge in [-0.2, -0.15) is 0 Å². The average Bonchev–Trinajstić information content (AvgIpc) is 1.94. The second-order valence-corrected chi connectivity index (χ2v) is 2.30. The van der Waals surface area contributed by atoms with Crippen molar-refractivity contribution in [2.75, 3.05) is 7.11 Å². The monoisotopic (exact) mass is 138 g/mol. The van der Waals surface area contributed by atoms with Crippen LogP contribution < -0.4 is 0 Å². The molecule has 0 aromatic heterocycles. The van der Waals surface area contributed by atoms with Gasteiger partial charge in [-0.05, 0) is 19.1 Å². The molecule has 0 aromatic rings. The first-order valence-corrected chi connectivity index (χ1v) is 3.17. The van der Waals surface area contributed by atoms with E-state index in [4.69, 9.17) is 4.74 Å². The van der Waals surface area contributed by atoms with Gasteiger partial charge in [-0.25, -0.2) is 0 Å². The fourth-order valence-electron chi connectivity index (χ4n) is 0.869. The lowest BCUT2D eigenvalue weighted by Gasteiger charge is -2.10. The second kappa shape index (κ2) is 2.80. The minimum absolute atomic E-state index is 0.0214. The summed E-state index contributed by atoms with van der Waals surface area (Å²) in [4.78, 5) is 10.9. The normalized spacial score (nSPS) is 24.8. The molecule has 1 atom stereocenters. The highest BCUT2D eigenvalue weighted by Gasteiger charge is 2.14. The fourth-order valence-corrected chi connectivity index (χ4v) is 0.869. The topological polar surface area (TPSA) is 26.3 Å². The van der Waals surface area contributed by atoms with Gasteiger partial charge in [-0.15, -0.1) is 0 Å². The van der Waals surface area contributed by atoms with E-state index < -0.39 is 0 Å². The molecule has 0 aromatic carbocycles. The standard InChI is InChI=1S/C8H10O2/c1-6-3-4-7(9)8(5-6)10-2/h3-5,8H,1-2H3. The summed E-state index contributed by atoms with van der Waals surface area (Å²) < 4.78 is 4.90. The quantitative estimate of drug-likeness (QED) is 0.542. The van der Waals surface area contributed by atoms with Crippen LogP contribution in [0.3, 0.4) is 0 Å². The Kier molecular flexibility index (Phi) is 2.02. The van der Waals surface area contributed by atoms with Crippen LogP contribution >= 0.6 is 0 Å². The van der Waals surface area contributed by atoms with Crippen LogP contribution in [0.1, 0.15) is 6.92 Å². The van der Waals surface area contributed by atoms with Crippen LogP contribution in [0.5, 0.6) is 0 Å². The van der Waals surface area contributed by atoms with Crippen LogP contribution in [0.15, 0.2) is 23.8 Å². The lowest BCUT2D eigenvalue weighted by atomic mass is 10.1. The van der Waals surface area contributed by atoms with Crippen LogP contribution in [0.4, 0.5) is 0 Å². The van der Waals surface area contributed by atoms with E-state index in [9.17, 15) is 4.79 Å². The van der Waals surface area contributed by atoms with Crippen molar-refractivity contribution in [3.63, 3.8) is 0 Å². The van der Waals surface area contributed by atoms with Crippen molar-refractivity contribution in [3.8, 4) is 0 Å². The van der Waals surface area contributed by atoms with Gasteiger partial charge in [0.25, 0.3) is 0 Å². The van der Waals surface area contributed by atoms with Crippen molar-refractivity contribution in [1.82, 2.24) is 0 Å². The van der Waals surface area contributed by atoms with Crippen molar-refractivity contribution in [2.45, 2.75) is 13.0 Å². The van der Waals surface area contributed by atoms with Crippen LogP contribution in [0, 0.1) is 0 Å². The molecule has 0 saturated heterocycles. The van der Waals surface area contributed by atoms with Gasteiger partial charge in [0, 0.05) is 7.11 Å². The van der Waals surface area contributed by atoms with Crippen molar-refractivity contribution in [1.29, 1.82) is 0 Å². The summed E-state index contributed by atoms with van der Waals surface area (Å²) in [6, 6.07) is 0. The molecule has 2 nitrogen and oxygen atoms in total. The molecule has 1 rings (SSSR count). The maximum Gasteiger partial charge on any atom is 0.188 e. The van der Waals surface area contributed by atoms with Crippen LogP contribution in [-0.2, 0) is 9.53 Å². The molecule has 1 aliphatic rings. The van der Waals surface area contributed by atoms with Crippen LogP contribution in [0.25, 0.3) is 0 Å². The molecule has 0 saturated carbocycles. The molecule has 0 N–H and O–H groups in total. The second-order valence-electron chi connectivity index (χ2n) is 2.30. The van der Waals surface area contributed by atoms with Gasteiger partial charge >= 0.3 is 0 Å². The van der Waals surface area contributed by atoms with Gasteiger partial charge in [0.2, 0.25) is 0 Å². The molecule has 0 bridgehead atoms. The molecule has 0 heterocycles. The van der Waals surface area contributed by atoms with Crippen molar-refractivity contribution in [3.05, 3.63) is 23.8 Å². The smallest absolute Gasteiger partial charge is 0.188 e. The molecular formula is C8H10O2. The predicted molar refractivity (Wildman–Crippen MR) is 38.7 cm³/mol. The number of hydrogen-bond acceptors (Lipinski definition) is 2. The third-order valence-corrected chi connectivity index (χ3v) is 1.46. The lowest BCUT2D eigenvalue weighted by Crippen LogP contribution is -2.20. The average molecular weight is 138 g/mol. The molecule has 0 amide bonds.